The molecule has 8 aromatic heterocycles. The van der Waals surface area contributed by atoms with E-state index in [1.54, 1.807) is 155 Å². The molecule has 0 unspecified atom stereocenters. The zero-order chi connectivity index (χ0) is 95.6. The fourth-order valence-electron chi connectivity index (χ4n) is 14.6. The van der Waals surface area contributed by atoms with E-state index in [1.165, 1.54) is 48.2 Å². The number of nitrogen functional groups attached to an aromatic ring is 1. The van der Waals surface area contributed by atoms with Crippen molar-refractivity contribution in [2.24, 2.45) is 17.8 Å². The summed E-state index contributed by atoms with van der Waals surface area (Å²) in [5, 5.41) is 37.3. The molecule has 0 saturated heterocycles. The second-order valence-corrected chi connectivity index (χ2v) is 31.7. The number of aldehydes is 1. The molecule has 3 saturated carbocycles. The van der Waals surface area contributed by atoms with Crippen LogP contribution in [0.4, 0.5) is 17.1 Å². The Kier molecular flexibility index (Phi) is 32.7. The van der Waals surface area contributed by atoms with Crippen LogP contribution >= 0.6 is 11.6 Å². The lowest BCUT2D eigenvalue weighted by Gasteiger charge is -2.24. The van der Waals surface area contributed by atoms with Crippen molar-refractivity contribution in [3.8, 4) is 22.7 Å². The van der Waals surface area contributed by atoms with Crippen LogP contribution in [0, 0.1) is 17.8 Å². The molecule has 19 rings (SSSR count). The zero-order valence-corrected chi connectivity index (χ0v) is 74.9. The van der Waals surface area contributed by atoms with E-state index in [-0.39, 0.29) is 75.7 Å². The number of nitrogens with zero attached hydrogens (tertiary/aromatic N) is 14. The molecule has 0 atom stereocenters. The van der Waals surface area contributed by atoms with Gasteiger partial charge in [0.05, 0.1) is 67.3 Å². The molecule has 33 nitrogen and oxygen atoms in total. The molecule has 16 aromatic rings. The lowest BCUT2D eigenvalue weighted by atomic mass is 10.1. The van der Waals surface area contributed by atoms with Crippen LogP contribution in [0.15, 0.2) is 312 Å². The van der Waals surface area contributed by atoms with E-state index in [0.29, 0.717) is 76.1 Å². The maximum atomic E-state index is 13.2. The van der Waals surface area contributed by atoms with Gasteiger partial charge in [-0.2, -0.15) is 20.4 Å². The number of hydroxylamine groups is 1. The molecule has 3 aliphatic rings. The lowest BCUT2D eigenvalue weighted by Crippen LogP contribution is -2.36. The van der Waals surface area contributed by atoms with Crippen molar-refractivity contribution in [1.82, 2.24) is 62.9 Å². The number of esters is 3. The van der Waals surface area contributed by atoms with Gasteiger partial charge in [-0.3, -0.25) is 43.6 Å². The number of aliphatic hydroxyl groups is 1. The molecule has 135 heavy (non-hydrogen) atoms. The molecule has 0 aliphatic heterocycles. The number of hydrogen-bond acceptors (Lipinski definition) is 22. The summed E-state index contributed by atoms with van der Waals surface area (Å²) in [6.07, 6.45) is 29.0. The first-order valence-electron chi connectivity index (χ1n) is 43.2. The van der Waals surface area contributed by atoms with Gasteiger partial charge in [0.15, 0.2) is 0 Å². The first kappa shape index (κ1) is 96.2. The monoisotopic (exact) mass is 1840 g/mol. The quantitative estimate of drug-likeness (QED) is 0.00785. The van der Waals surface area contributed by atoms with Crippen LogP contribution in [0.25, 0.3) is 65.8 Å². The van der Waals surface area contributed by atoms with Crippen molar-refractivity contribution in [3.05, 3.63) is 362 Å². The highest BCUT2D eigenvalue weighted by atomic mass is 35.5. The number of carbonyl (C=O) groups is 8. The number of methoxy groups -OCH3 is 3. The second kappa shape index (κ2) is 45.9. The van der Waals surface area contributed by atoms with E-state index in [0.717, 1.165) is 114 Å². The number of carbonyl (C=O) groups excluding carboxylic acids is 8. The summed E-state index contributed by atoms with van der Waals surface area (Å²) in [6, 6.07) is 65.2. The van der Waals surface area contributed by atoms with E-state index in [1.807, 2.05) is 157 Å². The standard InChI is InChI=1S/C26H24N4O4.C25H23N5O4.C23H21N3O3.C13H11NO4.C9H9N3.C4H5ClO.CH4O/c1-34-26(33)20-9-6-18-10-13-28(25(32)23(18)16-20)14-15-29(24(31)19-7-8-19)21-4-2-5-22(17-21)30-12-3-11-27-30;31-23(27-34)19-8-5-17-9-12-28(25(33)22(17)15-19)13-14-29(24(32)18-6-7-18)20-3-1-4-21(16-20)30-11-2-10-26-30;1-29-23(28)19-9-8-18-10-14-25(22(27)21(18)16-19)12-3-6-17-5-2-7-20(15-17)26-13-4-11-24-26;1-18-13(17)10-3-2-9-4-5-14(6-7-15)12(16)11(9)8-10;10-8-3-1-4-9(7-8)12-6-2-5-11-12;5-4(6)3-1-2-3;1-2/h2-6,9-13,16-17,19H,7-8,14-15H2,1H3;1-5,8-12,15-16,18,34H,6-7,13-14H2,(H,27,31);2,4-5,7-11,13-16H,3,6,12H2,1H3;2-5,7-8H,6H2,1H3;1-7H,10H2;3H,1-2H2;2H,1H3. The average molecular weight is 1840 g/mol. The molecule has 34 heteroatoms. The number of nitrogens with two attached hydrogens (primary N) is 1. The summed E-state index contributed by atoms with van der Waals surface area (Å²) in [4.78, 5) is 148. The van der Waals surface area contributed by atoms with Gasteiger partial charge in [-0.1, -0.05) is 54.6 Å². The van der Waals surface area contributed by atoms with Crippen molar-refractivity contribution >= 4 is 119 Å². The fraction of sp³-hybridized carbons (Fsp3) is 0.208. The third kappa shape index (κ3) is 24.8. The van der Waals surface area contributed by atoms with Crippen molar-refractivity contribution in [1.29, 1.82) is 0 Å². The first-order chi connectivity index (χ1) is 65.6. The summed E-state index contributed by atoms with van der Waals surface area (Å²) in [6.45, 7) is 1.87. The van der Waals surface area contributed by atoms with Crippen LogP contribution in [-0.4, -0.2) is 156 Å². The minimum absolute atomic E-state index is 0.00275. The number of halogens is 1. The second-order valence-electron chi connectivity index (χ2n) is 31.3. The van der Waals surface area contributed by atoms with Crippen LogP contribution in [0.5, 0.6) is 0 Å². The fourth-order valence-corrected chi connectivity index (χ4v) is 14.9. The van der Waals surface area contributed by atoms with Gasteiger partial charge in [0.25, 0.3) is 28.1 Å². The maximum absolute atomic E-state index is 13.2. The van der Waals surface area contributed by atoms with Crippen molar-refractivity contribution in [3.63, 3.8) is 0 Å². The van der Waals surface area contributed by atoms with E-state index in [4.69, 9.17) is 37.1 Å². The van der Waals surface area contributed by atoms with E-state index in [9.17, 15) is 57.5 Å². The van der Waals surface area contributed by atoms with Gasteiger partial charge in [0.1, 0.15) is 6.29 Å². The Morgan fingerprint density at radius 2 is 0.756 bits per heavy atom. The van der Waals surface area contributed by atoms with Crippen LogP contribution in [0.3, 0.4) is 0 Å². The Hall–Kier alpha value is -16.4. The van der Waals surface area contributed by atoms with Crippen molar-refractivity contribution < 1.29 is 62.9 Å². The van der Waals surface area contributed by atoms with Gasteiger partial charge >= 0.3 is 17.9 Å². The summed E-state index contributed by atoms with van der Waals surface area (Å²) < 4.78 is 27.3. The normalized spacial score (nSPS) is 12.2. The van der Waals surface area contributed by atoms with Crippen molar-refractivity contribution in [2.45, 2.75) is 77.5 Å². The third-order valence-electron chi connectivity index (χ3n) is 22.2. The zero-order valence-electron chi connectivity index (χ0n) is 74.2. The number of hydrogen-bond donors (Lipinski definition) is 4. The highest BCUT2D eigenvalue weighted by Crippen LogP contribution is 2.36. The van der Waals surface area contributed by atoms with Gasteiger partial charge in [0.2, 0.25) is 17.1 Å². The number of nitrogens with one attached hydrogen (secondary N) is 1. The molecule has 3 aliphatic carbocycles. The molecule has 5 N–H and O–H groups in total. The molecule has 8 aromatic carbocycles. The predicted molar refractivity (Wildman–Crippen MR) is 511 cm³/mol. The molecule has 690 valence electrons. The van der Waals surface area contributed by atoms with Gasteiger partial charge in [0, 0.05) is 176 Å². The van der Waals surface area contributed by atoms with Gasteiger partial charge in [-0.05, 0) is 254 Å². The molecule has 0 bridgehead atoms. The average Bonchev–Trinajstić information content (AvgIpc) is 1.69. The summed E-state index contributed by atoms with van der Waals surface area (Å²) in [7, 11) is 4.92. The molecular weight excluding hydrogens is 1740 g/mol. The lowest BCUT2D eigenvalue weighted by molar-refractivity contribution is -0.120. The Balaban J connectivity index is 0.000000145. The maximum Gasteiger partial charge on any atom is 0.337 e. The smallest absolute Gasteiger partial charge is 0.337 e. The predicted octanol–water partition coefficient (Wildman–Crippen LogP) is 13.0. The topological polar surface area (TPSA) is 409 Å². The van der Waals surface area contributed by atoms with E-state index in [2.05, 4.69) is 37.3 Å². The van der Waals surface area contributed by atoms with Crippen LogP contribution in [-0.2, 0) is 66.0 Å². The number of benzene rings is 8. The highest BCUT2D eigenvalue weighted by Gasteiger charge is 2.36. The van der Waals surface area contributed by atoms with Gasteiger partial charge in [-0.15, -0.1) is 0 Å². The SMILES string of the molecule is CO.COC(=O)c1ccc2ccn(CC=O)c(=O)c2c1.COC(=O)c1ccc2ccn(CCCc3cccc(-n4cccn4)c3)c(=O)c2c1.COC(=O)c1ccc2ccn(CCN(C(=O)C3CC3)c3cccc(-n4cccn4)c3)c(=O)c2c1.Nc1cccc(-n2cccn2)c1.O=C(Cl)C1CC1.O=C(NO)c1ccc2ccn(CCN(C(=O)C3CC3)c3cccc(-n4cccn4)c3)c(=O)c2c1. The third-order valence-corrected chi connectivity index (χ3v) is 22.5. The highest BCUT2D eigenvalue weighted by molar-refractivity contribution is 6.64. The minimum Gasteiger partial charge on any atom is -0.465 e. The number of pyridine rings is 4. The molecule has 8 heterocycles. The Bertz CT molecular complexity index is 6950. The number of fused-ring (bicyclic) bond motifs is 4. The molecule has 0 radical (unpaired) electrons. The number of amides is 3. The summed E-state index contributed by atoms with van der Waals surface area (Å²) in [5.41, 5.74) is 14.7. The number of anilines is 3. The largest absolute Gasteiger partial charge is 0.465 e. The summed E-state index contributed by atoms with van der Waals surface area (Å²) in [5.74, 6) is -1.73. The molecule has 0 spiro atoms. The summed E-state index contributed by atoms with van der Waals surface area (Å²) >= 11 is 5.04. The Labute approximate surface area is 777 Å². The van der Waals surface area contributed by atoms with Gasteiger partial charge in [-0.25, -0.2) is 38.6 Å². The molecule has 3 fully saturated rings. The van der Waals surface area contributed by atoms with Gasteiger partial charge < -0.3 is 57.9 Å². The number of aromatic nitrogens is 12. The van der Waals surface area contributed by atoms with E-state index < -0.39 is 23.8 Å². The Morgan fingerprint density at radius 3 is 1.10 bits per heavy atom. The Morgan fingerprint density at radius 1 is 0.415 bits per heavy atom. The first-order valence-corrected chi connectivity index (χ1v) is 43.5. The molecule has 3 amide bonds. The minimum atomic E-state index is -0.685. The van der Waals surface area contributed by atoms with Crippen LogP contribution in [0.1, 0.15) is 91.9 Å². The molecular formula is C101H97ClN16O17. The van der Waals surface area contributed by atoms with Crippen LogP contribution in [0.2, 0.25) is 0 Å². The number of ether oxygens (including phenoxy) is 3. The van der Waals surface area contributed by atoms with Crippen LogP contribution < -0.4 is 43.3 Å². The van der Waals surface area contributed by atoms with E-state index >= 15 is 0 Å². The number of rotatable bonds is 25. The number of aliphatic hydroxyl groups excluding tert-OH is 1. The number of aryl methyl sites for hydroxylation is 2. The van der Waals surface area contributed by atoms with Crippen molar-refractivity contribution in [2.75, 3.05) is 57.1 Å².